The van der Waals surface area contributed by atoms with E-state index in [-0.39, 0.29) is 16.9 Å². The quantitative estimate of drug-likeness (QED) is 0.533. The highest BCUT2D eigenvalue weighted by molar-refractivity contribution is 5.89. The first-order valence-electron chi connectivity index (χ1n) is 4.89. The average Bonchev–Trinajstić information content (AvgIpc) is 2.35. The Kier molecular flexibility index (Phi) is 4.45. The summed E-state index contributed by atoms with van der Waals surface area (Å²) in [5.74, 6) is -0.975. The fourth-order valence-corrected chi connectivity index (χ4v) is 1.35. The predicted molar refractivity (Wildman–Crippen MR) is 57.5 cm³/mol. The summed E-state index contributed by atoms with van der Waals surface area (Å²) in [6.07, 6.45) is -2.82. The lowest BCUT2D eigenvalue weighted by Gasteiger charge is -2.17. The number of aliphatic hydroxyl groups is 3. The van der Waals surface area contributed by atoms with E-state index in [0.29, 0.717) is 0 Å². The van der Waals surface area contributed by atoms with Crippen molar-refractivity contribution in [2.24, 2.45) is 0 Å². The van der Waals surface area contributed by atoms with Gasteiger partial charge in [-0.2, -0.15) is 0 Å². The number of phenolic OH excluding ortho intramolecular Hbond substituents is 1. The van der Waals surface area contributed by atoms with Crippen molar-refractivity contribution in [3.63, 3.8) is 0 Å². The lowest BCUT2D eigenvalue weighted by molar-refractivity contribution is -0.0162. The molecule has 0 saturated heterocycles. The molecular formula is C11H14O6. The van der Waals surface area contributed by atoms with Gasteiger partial charge in [-0.3, -0.25) is 0 Å². The Bertz CT molecular complexity index is 403. The molecule has 0 fully saturated rings. The second-order valence-electron chi connectivity index (χ2n) is 3.46. The van der Waals surface area contributed by atoms with Crippen LogP contribution in [0.3, 0.4) is 0 Å². The number of methoxy groups -OCH3 is 1. The fourth-order valence-electron chi connectivity index (χ4n) is 1.35. The third kappa shape index (κ3) is 2.94. The van der Waals surface area contributed by atoms with E-state index in [2.05, 4.69) is 4.74 Å². The molecule has 94 valence electrons. The zero-order valence-electron chi connectivity index (χ0n) is 9.20. The van der Waals surface area contributed by atoms with Crippen molar-refractivity contribution in [1.82, 2.24) is 0 Å². The minimum atomic E-state index is -1.42. The molecule has 2 atom stereocenters. The van der Waals surface area contributed by atoms with Crippen LogP contribution in [0.1, 0.15) is 22.0 Å². The van der Waals surface area contributed by atoms with E-state index in [4.69, 9.17) is 5.11 Å². The van der Waals surface area contributed by atoms with Gasteiger partial charge >= 0.3 is 5.97 Å². The van der Waals surface area contributed by atoms with Gasteiger partial charge in [0.2, 0.25) is 0 Å². The summed E-state index contributed by atoms with van der Waals surface area (Å²) in [5.41, 5.74) is 0.152. The minimum Gasteiger partial charge on any atom is -0.508 e. The zero-order valence-corrected chi connectivity index (χ0v) is 9.20. The highest BCUT2D eigenvalue weighted by Crippen LogP contribution is 2.27. The predicted octanol–water partition coefficient (Wildman–Crippen LogP) is -0.435. The third-order valence-corrected chi connectivity index (χ3v) is 2.32. The van der Waals surface area contributed by atoms with Crippen LogP contribution in [-0.4, -0.2) is 46.2 Å². The molecule has 0 heterocycles. The third-order valence-electron chi connectivity index (χ3n) is 2.32. The number of phenols is 1. The molecule has 0 aliphatic carbocycles. The van der Waals surface area contributed by atoms with E-state index in [0.717, 1.165) is 6.07 Å². The van der Waals surface area contributed by atoms with Crippen molar-refractivity contribution in [2.45, 2.75) is 12.2 Å². The number of carbonyl (C=O) groups is 1. The number of ether oxygens (including phenoxy) is 1. The number of rotatable bonds is 4. The summed E-state index contributed by atoms with van der Waals surface area (Å²) in [6, 6.07) is 3.74. The molecule has 0 aliphatic rings. The molecular weight excluding hydrogens is 228 g/mol. The number of hydrogen-bond donors (Lipinski definition) is 4. The van der Waals surface area contributed by atoms with Crippen LogP contribution in [0.25, 0.3) is 0 Å². The first-order valence-corrected chi connectivity index (χ1v) is 4.89. The average molecular weight is 242 g/mol. The van der Waals surface area contributed by atoms with Crippen LogP contribution in [-0.2, 0) is 4.74 Å². The van der Waals surface area contributed by atoms with E-state index >= 15 is 0 Å². The molecule has 6 nitrogen and oxygen atoms in total. The molecule has 0 spiro atoms. The molecule has 0 aromatic heterocycles. The van der Waals surface area contributed by atoms with E-state index in [1.807, 2.05) is 0 Å². The standard InChI is InChI=1S/C11H14O6/c1-17-11(16)6-2-3-7(8(13)4-6)10(15)9(14)5-12/h2-4,9-10,12-15H,5H2,1H3. The number of esters is 1. The van der Waals surface area contributed by atoms with E-state index in [9.17, 15) is 20.1 Å². The minimum absolute atomic E-state index is 0.0270. The second kappa shape index (κ2) is 5.62. The molecule has 1 rings (SSSR count). The molecule has 17 heavy (non-hydrogen) atoms. The summed E-state index contributed by atoms with van der Waals surface area (Å²) < 4.78 is 4.46. The monoisotopic (exact) mass is 242 g/mol. The Hall–Kier alpha value is -1.63. The van der Waals surface area contributed by atoms with Crippen molar-refractivity contribution in [3.05, 3.63) is 29.3 Å². The zero-order chi connectivity index (χ0) is 13.0. The van der Waals surface area contributed by atoms with Gasteiger partial charge in [0.25, 0.3) is 0 Å². The fraction of sp³-hybridized carbons (Fsp3) is 0.364. The smallest absolute Gasteiger partial charge is 0.337 e. The van der Waals surface area contributed by atoms with Crippen molar-refractivity contribution in [2.75, 3.05) is 13.7 Å². The highest BCUT2D eigenvalue weighted by atomic mass is 16.5. The van der Waals surface area contributed by atoms with Crippen LogP contribution in [0, 0.1) is 0 Å². The van der Waals surface area contributed by atoms with E-state index in [1.54, 1.807) is 0 Å². The molecule has 0 bridgehead atoms. The summed E-state index contributed by atoms with van der Waals surface area (Å²) in [6.45, 7) is -0.640. The normalized spacial score (nSPS) is 14.1. The van der Waals surface area contributed by atoms with Crippen LogP contribution in [0.5, 0.6) is 5.75 Å². The Morgan fingerprint density at radius 3 is 2.53 bits per heavy atom. The SMILES string of the molecule is COC(=O)c1ccc(C(O)C(O)CO)c(O)c1. The maximum absolute atomic E-state index is 11.2. The van der Waals surface area contributed by atoms with Gasteiger partial charge in [-0.25, -0.2) is 4.79 Å². The van der Waals surface area contributed by atoms with E-state index < -0.39 is 24.8 Å². The molecule has 1 aromatic carbocycles. The topological polar surface area (TPSA) is 107 Å². The Morgan fingerprint density at radius 1 is 1.41 bits per heavy atom. The molecule has 0 amide bonds. The first-order chi connectivity index (χ1) is 8.01. The maximum Gasteiger partial charge on any atom is 0.337 e. The van der Waals surface area contributed by atoms with Crippen LogP contribution in [0.4, 0.5) is 0 Å². The highest BCUT2D eigenvalue weighted by Gasteiger charge is 2.21. The summed E-state index contributed by atoms with van der Waals surface area (Å²) >= 11 is 0. The van der Waals surface area contributed by atoms with E-state index in [1.165, 1.54) is 19.2 Å². The summed E-state index contributed by atoms with van der Waals surface area (Å²) in [7, 11) is 1.21. The largest absolute Gasteiger partial charge is 0.508 e. The van der Waals surface area contributed by atoms with Gasteiger partial charge in [0.1, 0.15) is 18.0 Å². The van der Waals surface area contributed by atoms with Crippen LogP contribution < -0.4 is 0 Å². The van der Waals surface area contributed by atoms with Crippen LogP contribution in [0.15, 0.2) is 18.2 Å². The molecule has 0 saturated carbocycles. The maximum atomic E-state index is 11.2. The molecule has 6 heteroatoms. The van der Waals surface area contributed by atoms with Gasteiger partial charge in [0.05, 0.1) is 19.3 Å². The van der Waals surface area contributed by atoms with Gasteiger partial charge in [-0.05, 0) is 12.1 Å². The van der Waals surface area contributed by atoms with Gasteiger partial charge in [0, 0.05) is 5.56 Å². The first kappa shape index (κ1) is 13.4. The van der Waals surface area contributed by atoms with Gasteiger partial charge < -0.3 is 25.2 Å². The van der Waals surface area contributed by atoms with Gasteiger partial charge in [0.15, 0.2) is 0 Å². The molecule has 0 aliphatic heterocycles. The lowest BCUT2D eigenvalue weighted by atomic mass is 10.0. The number of aromatic hydroxyl groups is 1. The lowest BCUT2D eigenvalue weighted by Crippen LogP contribution is -2.22. The molecule has 4 N–H and O–H groups in total. The van der Waals surface area contributed by atoms with Crippen LogP contribution in [0.2, 0.25) is 0 Å². The summed E-state index contributed by atoms with van der Waals surface area (Å²) in [4.78, 5) is 11.2. The number of benzene rings is 1. The Morgan fingerprint density at radius 2 is 2.06 bits per heavy atom. The molecule has 1 aromatic rings. The summed E-state index contributed by atoms with van der Waals surface area (Å²) in [5, 5.41) is 37.1. The van der Waals surface area contributed by atoms with Crippen molar-refractivity contribution in [1.29, 1.82) is 0 Å². The van der Waals surface area contributed by atoms with Gasteiger partial charge in [-0.15, -0.1) is 0 Å². The second-order valence-corrected chi connectivity index (χ2v) is 3.46. The van der Waals surface area contributed by atoms with Gasteiger partial charge in [-0.1, -0.05) is 6.07 Å². The van der Waals surface area contributed by atoms with Crippen molar-refractivity contribution >= 4 is 5.97 Å². The Labute approximate surface area is 97.7 Å². The molecule has 2 unspecified atom stereocenters. The molecule has 0 radical (unpaired) electrons. The Balaban J connectivity index is 3.01. The number of carbonyl (C=O) groups excluding carboxylic acids is 1. The van der Waals surface area contributed by atoms with Crippen molar-refractivity contribution in [3.8, 4) is 5.75 Å². The van der Waals surface area contributed by atoms with Crippen LogP contribution >= 0.6 is 0 Å². The number of aliphatic hydroxyl groups excluding tert-OH is 3. The number of hydrogen-bond acceptors (Lipinski definition) is 6. The van der Waals surface area contributed by atoms with Crippen molar-refractivity contribution < 1.29 is 30.0 Å².